The van der Waals surface area contributed by atoms with Gasteiger partial charge in [-0.1, -0.05) is 31.2 Å². The summed E-state index contributed by atoms with van der Waals surface area (Å²) in [4.78, 5) is 11.7. The van der Waals surface area contributed by atoms with E-state index < -0.39 is 0 Å². The van der Waals surface area contributed by atoms with Gasteiger partial charge in [0.05, 0.1) is 4.47 Å². The number of ketones is 1. The average molecular weight is 303 g/mol. The first-order chi connectivity index (χ1) is 8.70. The van der Waals surface area contributed by atoms with Crippen molar-refractivity contribution in [2.75, 3.05) is 0 Å². The fourth-order valence-electron chi connectivity index (χ4n) is 2.11. The van der Waals surface area contributed by atoms with Crippen LogP contribution in [0.1, 0.15) is 23.9 Å². The summed E-state index contributed by atoms with van der Waals surface area (Å²) in [6.45, 7) is 1.83. The Balaban J connectivity index is 2.36. The molecule has 0 aliphatic heterocycles. The summed E-state index contributed by atoms with van der Waals surface area (Å²) in [6.07, 6.45) is 0.455. The number of hydrogen-bond acceptors (Lipinski definition) is 2. The summed E-state index contributed by atoms with van der Waals surface area (Å²) >= 11 is 3.56. The lowest BCUT2D eigenvalue weighted by Gasteiger charge is -2.00. The third kappa shape index (κ3) is 1.66. The fraction of sp³-hybridized carbons (Fsp3) is 0.133. The van der Waals surface area contributed by atoms with Crippen LogP contribution in [0.5, 0.6) is 0 Å². The maximum atomic E-state index is 11.7. The van der Waals surface area contributed by atoms with Gasteiger partial charge in [-0.3, -0.25) is 4.79 Å². The third-order valence-electron chi connectivity index (χ3n) is 3.06. The second kappa shape index (κ2) is 4.25. The largest absolute Gasteiger partial charge is 0.452 e. The van der Waals surface area contributed by atoms with Gasteiger partial charge >= 0.3 is 0 Å². The second-order valence-electron chi connectivity index (χ2n) is 4.22. The number of rotatable bonds is 2. The molecule has 3 rings (SSSR count). The molecular formula is C15H11BrO2. The van der Waals surface area contributed by atoms with Gasteiger partial charge in [0, 0.05) is 11.8 Å². The van der Waals surface area contributed by atoms with Crippen LogP contribution in [0.3, 0.4) is 0 Å². The van der Waals surface area contributed by atoms with E-state index in [2.05, 4.69) is 15.9 Å². The van der Waals surface area contributed by atoms with Gasteiger partial charge in [0.1, 0.15) is 5.58 Å². The van der Waals surface area contributed by atoms with E-state index in [0.717, 1.165) is 26.2 Å². The van der Waals surface area contributed by atoms with E-state index in [1.807, 2.05) is 43.3 Å². The van der Waals surface area contributed by atoms with Crippen LogP contribution in [0, 0.1) is 0 Å². The predicted molar refractivity (Wildman–Crippen MR) is 76.0 cm³/mol. The predicted octanol–water partition coefficient (Wildman–Crippen LogP) is 4.94. The van der Waals surface area contributed by atoms with Crippen molar-refractivity contribution in [3.8, 4) is 0 Å². The number of carbonyl (C=O) groups excluding carboxylic acids is 1. The van der Waals surface area contributed by atoms with Crippen LogP contribution in [0.15, 0.2) is 45.3 Å². The van der Waals surface area contributed by atoms with Gasteiger partial charge in [-0.2, -0.15) is 0 Å². The Hall–Kier alpha value is -1.61. The molecule has 0 aliphatic rings. The Morgan fingerprint density at radius 3 is 2.78 bits per heavy atom. The monoisotopic (exact) mass is 302 g/mol. The van der Waals surface area contributed by atoms with Gasteiger partial charge in [0.15, 0.2) is 11.5 Å². The summed E-state index contributed by atoms with van der Waals surface area (Å²) < 4.78 is 6.57. The zero-order chi connectivity index (χ0) is 12.7. The molecule has 0 unspecified atom stereocenters. The molecule has 3 aromatic rings. The van der Waals surface area contributed by atoms with Crippen molar-refractivity contribution in [3.63, 3.8) is 0 Å². The molecule has 2 nitrogen and oxygen atoms in total. The highest BCUT2D eigenvalue weighted by atomic mass is 79.9. The zero-order valence-electron chi connectivity index (χ0n) is 9.87. The highest BCUT2D eigenvalue weighted by Crippen LogP contribution is 2.34. The van der Waals surface area contributed by atoms with Crippen LogP contribution in [-0.4, -0.2) is 5.78 Å². The number of Topliss-reactive ketones (excluding diaryl/α,β-unsaturated/α-hetero) is 1. The maximum Gasteiger partial charge on any atom is 0.197 e. The first-order valence-electron chi connectivity index (χ1n) is 5.84. The number of carbonyl (C=O) groups is 1. The normalized spacial score (nSPS) is 11.2. The first-order valence-corrected chi connectivity index (χ1v) is 6.64. The number of halogens is 1. The van der Waals surface area contributed by atoms with Crippen molar-refractivity contribution in [1.82, 2.24) is 0 Å². The molecule has 2 aromatic carbocycles. The molecule has 1 heterocycles. The summed E-state index contributed by atoms with van der Waals surface area (Å²) in [5.74, 6) is 0.464. The molecule has 0 radical (unpaired) electrons. The van der Waals surface area contributed by atoms with Crippen molar-refractivity contribution in [2.45, 2.75) is 13.3 Å². The molecule has 0 saturated heterocycles. The summed E-state index contributed by atoms with van der Waals surface area (Å²) in [6, 6.07) is 11.9. The Morgan fingerprint density at radius 2 is 2.00 bits per heavy atom. The van der Waals surface area contributed by atoms with Gasteiger partial charge in [0.25, 0.3) is 0 Å². The van der Waals surface area contributed by atoms with E-state index in [1.54, 1.807) is 0 Å². The zero-order valence-corrected chi connectivity index (χ0v) is 11.5. The average Bonchev–Trinajstić information content (AvgIpc) is 2.82. The minimum Gasteiger partial charge on any atom is -0.452 e. The minimum atomic E-state index is 0.0298. The lowest BCUT2D eigenvalue weighted by atomic mass is 10.1. The van der Waals surface area contributed by atoms with Crippen molar-refractivity contribution >= 4 is 43.5 Å². The Morgan fingerprint density at radius 1 is 1.22 bits per heavy atom. The molecule has 90 valence electrons. The quantitative estimate of drug-likeness (QED) is 0.628. The summed E-state index contributed by atoms with van der Waals surface area (Å²) in [7, 11) is 0. The summed E-state index contributed by atoms with van der Waals surface area (Å²) in [5.41, 5.74) is 0.741. The standard InChI is InChI=1S/C15H11BrO2/c1-2-12(17)13-8-10-7-9-5-3-4-6-11(9)14(16)15(10)18-13/h3-8H,2H2,1H3. The lowest BCUT2D eigenvalue weighted by Crippen LogP contribution is -1.92. The van der Waals surface area contributed by atoms with Crippen molar-refractivity contribution in [2.24, 2.45) is 0 Å². The van der Waals surface area contributed by atoms with E-state index in [4.69, 9.17) is 4.42 Å². The molecule has 0 aliphatic carbocycles. The van der Waals surface area contributed by atoms with E-state index in [0.29, 0.717) is 12.2 Å². The molecule has 1 aromatic heterocycles. The van der Waals surface area contributed by atoms with Gasteiger partial charge in [-0.15, -0.1) is 0 Å². The Labute approximate surface area is 113 Å². The summed E-state index contributed by atoms with van der Waals surface area (Å²) in [5, 5.41) is 3.18. The number of furan rings is 1. The number of fused-ring (bicyclic) bond motifs is 2. The van der Waals surface area contributed by atoms with Crippen LogP contribution >= 0.6 is 15.9 Å². The molecule has 0 N–H and O–H groups in total. The van der Waals surface area contributed by atoms with Crippen LogP contribution in [0.4, 0.5) is 0 Å². The van der Waals surface area contributed by atoms with E-state index >= 15 is 0 Å². The molecule has 0 bridgehead atoms. The smallest absolute Gasteiger partial charge is 0.197 e. The van der Waals surface area contributed by atoms with Gasteiger partial charge in [0.2, 0.25) is 0 Å². The number of hydrogen-bond donors (Lipinski definition) is 0. The van der Waals surface area contributed by atoms with Crippen molar-refractivity contribution < 1.29 is 9.21 Å². The molecule has 0 amide bonds. The SMILES string of the molecule is CCC(=O)c1cc2cc3ccccc3c(Br)c2o1. The Bertz CT molecular complexity index is 756. The van der Waals surface area contributed by atoms with E-state index in [1.165, 1.54) is 0 Å². The fourth-order valence-corrected chi connectivity index (χ4v) is 2.78. The molecule has 0 atom stereocenters. The van der Waals surface area contributed by atoms with Crippen molar-refractivity contribution in [3.05, 3.63) is 46.6 Å². The molecule has 3 heteroatoms. The maximum absolute atomic E-state index is 11.7. The molecule has 0 spiro atoms. The van der Waals surface area contributed by atoms with Gasteiger partial charge < -0.3 is 4.42 Å². The molecular weight excluding hydrogens is 292 g/mol. The van der Waals surface area contributed by atoms with Crippen molar-refractivity contribution in [1.29, 1.82) is 0 Å². The molecule has 0 saturated carbocycles. The highest BCUT2D eigenvalue weighted by molar-refractivity contribution is 9.10. The van der Waals surface area contributed by atoms with Crippen LogP contribution in [-0.2, 0) is 0 Å². The third-order valence-corrected chi connectivity index (χ3v) is 3.85. The molecule has 18 heavy (non-hydrogen) atoms. The van der Waals surface area contributed by atoms with Gasteiger partial charge in [-0.05, 0) is 38.8 Å². The first kappa shape index (κ1) is 11.5. The topological polar surface area (TPSA) is 30.2 Å². The Kier molecular flexibility index (Phi) is 2.71. The van der Waals surface area contributed by atoms with Crippen LogP contribution in [0.25, 0.3) is 21.7 Å². The highest BCUT2D eigenvalue weighted by Gasteiger charge is 2.14. The van der Waals surface area contributed by atoms with E-state index in [-0.39, 0.29) is 5.78 Å². The second-order valence-corrected chi connectivity index (χ2v) is 5.01. The van der Waals surface area contributed by atoms with Crippen LogP contribution in [0.2, 0.25) is 0 Å². The lowest BCUT2D eigenvalue weighted by molar-refractivity contribution is 0.0963. The van der Waals surface area contributed by atoms with Gasteiger partial charge in [-0.25, -0.2) is 0 Å². The number of benzene rings is 2. The minimum absolute atomic E-state index is 0.0298. The van der Waals surface area contributed by atoms with Crippen LogP contribution < -0.4 is 0 Å². The molecule has 0 fully saturated rings. The van der Waals surface area contributed by atoms with E-state index in [9.17, 15) is 4.79 Å².